The van der Waals surface area contributed by atoms with Crippen LogP contribution in [0.2, 0.25) is 0 Å². The van der Waals surface area contributed by atoms with Gasteiger partial charge in [0.25, 0.3) is 5.91 Å². The minimum absolute atomic E-state index is 0.00816. The molecular weight excluding hydrogens is 1100 g/mol. The number of likely N-dealkylation sites (N-methyl/N-ethyl adjacent to an activating group) is 4. The van der Waals surface area contributed by atoms with Crippen molar-refractivity contribution in [3.63, 3.8) is 0 Å². The smallest absolute Gasteiger partial charge is 0.332 e. The van der Waals surface area contributed by atoms with Crippen LogP contribution in [0.5, 0.6) is 0 Å². The fraction of sp³-hybridized carbons (Fsp3) is 0.656. The van der Waals surface area contributed by atoms with Gasteiger partial charge in [0.05, 0.1) is 11.5 Å². The zero-order chi connectivity index (χ0) is 60.8. The number of hydrogen-bond donors (Lipinski definition) is 4. The molecule has 81 heavy (non-hydrogen) atoms. The molecule has 4 N–H and O–H groups in total. The Morgan fingerprint density at radius 2 is 1.21 bits per heavy atom. The first kappa shape index (κ1) is 67.6. The van der Waals surface area contributed by atoms with Crippen LogP contribution >= 0.6 is 15.9 Å². The van der Waals surface area contributed by atoms with Crippen molar-refractivity contribution in [2.24, 2.45) is 29.6 Å². The predicted octanol–water partition coefficient (Wildman–Crippen LogP) is 5.53. The highest BCUT2D eigenvalue weighted by Crippen LogP contribution is 2.28. The van der Waals surface area contributed by atoms with Crippen molar-refractivity contribution in [2.45, 2.75) is 188 Å². The van der Waals surface area contributed by atoms with Gasteiger partial charge in [-0.2, -0.15) is 0 Å². The molecular formula is C61H93BrN8O11. The molecule has 0 aromatic heterocycles. The molecule has 12 unspecified atom stereocenters. The first-order valence-corrected chi connectivity index (χ1v) is 29.8. The maximum absolute atomic E-state index is 15.3. The summed E-state index contributed by atoms with van der Waals surface area (Å²) in [7, 11) is 5.74. The van der Waals surface area contributed by atoms with Crippen LogP contribution in [-0.4, -0.2) is 178 Å². The molecule has 20 heteroatoms. The van der Waals surface area contributed by atoms with E-state index in [9.17, 15) is 29.1 Å². The highest BCUT2D eigenvalue weighted by Gasteiger charge is 2.47. The van der Waals surface area contributed by atoms with Gasteiger partial charge in [-0.1, -0.05) is 140 Å². The van der Waals surface area contributed by atoms with Gasteiger partial charge in [-0.25, -0.2) is 4.79 Å². The van der Waals surface area contributed by atoms with Gasteiger partial charge in [-0.05, 0) is 80.5 Å². The largest absolute Gasteiger partial charge is 0.450 e. The van der Waals surface area contributed by atoms with Crippen LogP contribution in [0, 0.1) is 29.6 Å². The number of carbonyl (C=O) groups is 9. The average molecular weight is 1190 g/mol. The standard InChI is InChI=1S/C61H93BrN8O11/c1-16-24-46-53(72)63-44(31-36(5)6)56(75)69(15)51(61(10,11)80)60(79)81-50(39(9)19-4)59(78)68(14)49(38(8)18-3)54(73)64-45(33-40-25-21-20-22-26-40)55(74)67(13)47(34-41-27-23-28-43(62)32-41)57(76)70-30-29-42(35-70)52(71)65-48(37(7)17-2)58(77)66(46)12/h20-23,25-28,32,36-39,42,44-51,80H,16-19,24,29-31,33-35H2,1-15H3,(H,63,72)(H,64,73)(H,65,71). The highest BCUT2D eigenvalue weighted by molar-refractivity contribution is 9.10. The number of carbonyl (C=O) groups excluding carboxylic acids is 9. The van der Waals surface area contributed by atoms with Crippen LogP contribution in [-0.2, 0) is 60.7 Å². The van der Waals surface area contributed by atoms with E-state index in [1.54, 1.807) is 25.7 Å². The number of rotatable bonds is 15. The third kappa shape index (κ3) is 17.6. The molecule has 12 atom stereocenters. The van der Waals surface area contributed by atoms with Gasteiger partial charge in [0.15, 0.2) is 12.1 Å². The van der Waals surface area contributed by atoms with E-state index in [1.807, 2.05) is 96.1 Å². The van der Waals surface area contributed by atoms with Crippen LogP contribution in [0.25, 0.3) is 0 Å². The van der Waals surface area contributed by atoms with Gasteiger partial charge in [0.2, 0.25) is 41.4 Å². The molecule has 2 saturated heterocycles. The van der Waals surface area contributed by atoms with E-state index < -0.39 is 131 Å². The van der Waals surface area contributed by atoms with Gasteiger partial charge < -0.3 is 50.3 Å². The molecule has 2 aromatic rings. The quantitative estimate of drug-likeness (QED) is 0.162. The number of cyclic esters (lactones) is 1. The Morgan fingerprint density at radius 3 is 1.78 bits per heavy atom. The molecule has 2 aromatic carbocycles. The Labute approximate surface area is 489 Å². The van der Waals surface area contributed by atoms with Crippen LogP contribution in [0.4, 0.5) is 0 Å². The molecule has 450 valence electrons. The minimum atomic E-state index is -1.97. The summed E-state index contributed by atoms with van der Waals surface area (Å²) in [5, 5.41) is 20.6. The molecule has 2 fully saturated rings. The molecule has 0 radical (unpaired) electrons. The number of amides is 8. The summed E-state index contributed by atoms with van der Waals surface area (Å²) in [5.74, 6) is -8.38. The average Bonchev–Trinajstić information content (AvgIpc) is 3.96. The number of ether oxygens (including phenoxy) is 1. The SMILES string of the molecule is CCCC1C(=O)NC(CC(C)C)C(=O)N(C)C(C(C)(C)O)C(=O)OC(C(C)CC)C(=O)N(C)C(C(C)CC)C(=O)NC(Cc2ccccc2)C(=O)N(C)C(Cc2cccc(Br)c2)C(=O)N2CCC(C2)C(=O)NC(C(C)CC)C(=O)N1C. The van der Waals surface area contributed by atoms with Crippen molar-refractivity contribution >= 4 is 69.2 Å². The lowest BCUT2D eigenvalue weighted by Gasteiger charge is -2.39. The molecule has 0 saturated carbocycles. The van der Waals surface area contributed by atoms with Gasteiger partial charge in [0, 0.05) is 64.5 Å². The highest BCUT2D eigenvalue weighted by atomic mass is 79.9. The minimum Gasteiger partial charge on any atom is -0.450 e. The van der Waals surface area contributed by atoms with Crippen LogP contribution < -0.4 is 16.0 Å². The Kier molecular flexibility index (Phi) is 25.4. The molecule has 19 nitrogen and oxygen atoms in total. The number of nitrogens with zero attached hydrogens (tertiary/aromatic N) is 5. The van der Waals surface area contributed by atoms with Crippen LogP contribution in [0.1, 0.15) is 132 Å². The molecule has 0 aliphatic carbocycles. The lowest BCUT2D eigenvalue weighted by molar-refractivity contribution is -0.177. The van der Waals surface area contributed by atoms with Gasteiger partial charge in [-0.15, -0.1) is 0 Å². The number of hydrogen-bond acceptors (Lipinski definition) is 11. The summed E-state index contributed by atoms with van der Waals surface area (Å²) in [6, 6.07) is 7.68. The van der Waals surface area contributed by atoms with Crippen molar-refractivity contribution < 1.29 is 53.0 Å². The van der Waals surface area contributed by atoms with Crippen molar-refractivity contribution in [1.82, 2.24) is 40.4 Å². The number of aliphatic hydroxyl groups is 1. The van der Waals surface area contributed by atoms with E-state index >= 15 is 19.2 Å². The van der Waals surface area contributed by atoms with E-state index in [4.69, 9.17) is 4.74 Å². The summed E-state index contributed by atoms with van der Waals surface area (Å²) in [4.78, 5) is 140. The van der Waals surface area contributed by atoms with E-state index in [2.05, 4.69) is 31.9 Å². The monoisotopic (exact) mass is 1190 g/mol. The second-order valence-corrected chi connectivity index (χ2v) is 24.6. The zero-order valence-electron chi connectivity index (χ0n) is 50.6. The summed E-state index contributed by atoms with van der Waals surface area (Å²) in [6.45, 7) is 19.2. The zero-order valence-corrected chi connectivity index (χ0v) is 52.2. The summed E-state index contributed by atoms with van der Waals surface area (Å²) in [5.41, 5.74) is -0.534. The Bertz CT molecular complexity index is 2510. The number of nitrogens with one attached hydrogen (secondary N) is 3. The first-order valence-electron chi connectivity index (χ1n) is 29.0. The number of benzene rings is 2. The van der Waals surface area contributed by atoms with Gasteiger partial charge >= 0.3 is 5.97 Å². The fourth-order valence-electron chi connectivity index (χ4n) is 10.9. The first-order chi connectivity index (χ1) is 38.0. The number of esters is 1. The normalized spacial score (nSPS) is 26.4. The Hall–Kier alpha value is -5.89. The van der Waals surface area contributed by atoms with E-state index in [0.29, 0.717) is 31.2 Å². The van der Waals surface area contributed by atoms with Crippen LogP contribution in [0.3, 0.4) is 0 Å². The predicted molar refractivity (Wildman–Crippen MR) is 314 cm³/mol. The third-order valence-electron chi connectivity index (χ3n) is 16.5. The van der Waals surface area contributed by atoms with Gasteiger partial charge in [-0.3, -0.25) is 38.4 Å². The lowest BCUT2D eigenvalue weighted by atomic mass is 9.93. The van der Waals surface area contributed by atoms with Gasteiger partial charge in [0.1, 0.15) is 36.3 Å². The Balaban J connectivity index is 1.95. The van der Waals surface area contributed by atoms with E-state index in [1.165, 1.54) is 56.7 Å². The van der Waals surface area contributed by atoms with Crippen molar-refractivity contribution in [2.75, 3.05) is 41.3 Å². The number of fused-ring (bicyclic) bond motifs is 2. The lowest BCUT2D eigenvalue weighted by Crippen LogP contribution is -2.62. The second kappa shape index (κ2) is 30.4. The molecule has 2 aliphatic rings. The van der Waals surface area contributed by atoms with Crippen molar-refractivity contribution in [1.29, 1.82) is 0 Å². The Morgan fingerprint density at radius 1 is 0.630 bits per heavy atom. The second-order valence-electron chi connectivity index (χ2n) is 23.7. The van der Waals surface area contributed by atoms with Crippen LogP contribution in [0.15, 0.2) is 59.1 Å². The summed E-state index contributed by atoms with van der Waals surface area (Å²) in [6.07, 6.45) is 0.794. The summed E-state index contributed by atoms with van der Waals surface area (Å²) >= 11 is 3.54. The molecule has 2 bridgehead atoms. The summed E-state index contributed by atoms with van der Waals surface area (Å²) < 4.78 is 6.88. The molecule has 2 heterocycles. The maximum Gasteiger partial charge on any atom is 0.332 e. The molecule has 4 rings (SSSR count). The number of halogens is 1. The fourth-order valence-corrected chi connectivity index (χ4v) is 11.4. The third-order valence-corrected chi connectivity index (χ3v) is 16.9. The van der Waals surface area contributed by atoms with Crippen molar-refractivity contribution in [3.05, 3.63) is 70.2 Å². The van der Waals surface area contributed by atoms with E-state index in [0.717, 1.165) is 14.9 Å². The van der Waals surface area contributed by atoms with E-state index in [-0.39, 0.29) is 51.1 Å². The molecule has 0 spiro atoms. The maximum atomic E-state index is 15.3. The molecule has 8 amide bonds. The van der Waals surface area contributed by atoms with Crippen molar-refractivity contribution in [3.8, 4) is 0 Å². The topological polar surface area (TPSA) is 235 Å². The molecule has 2 aliphatic heterocycles.